The van der Waals surface area contributed by atoms with Crippen molar-refractivity contribution >= 4 is 12.0 Å². The molecule has 2 heterocycles. The highest BCUT2D eigenvalue weighted by molar-refractivity contribution is 5.75. The van der Waals surface area contributed by atoms with Gasteiger partial charge in [-0.25, -0.2) is 4.79 Å². The number of morpholine rings is 1. The summed E-state index contributed by atoms with van der Waals surface area (Å²) in [5, 5.41) is 14.2. The molecule has 120 valence electrons. The second kappa shape index (κ2) is 7.61. The number of urea groups is 1. The third-order valence-corrected chi connectivity index (χ3v) is 4.20. The van der Waals surface area contributed by atoms with Crippen LogP contribution in [-0.4, -0.2) is 66.4 Å². The van der Waals surface area contributed by atoms with Crippen molar-refractivity contribution in [3.8, 4) is 0 Å². The van der Waals surface area contributed by atoms with Crippen LogP contribution in [0.5, 0.6) is 0 Å². The number of nitrogens with zero attached hydrogens (tertiary/aromatic N) is 1. The van der Waals surface area contributed by atoms with Crippen molar-refractivity contribution < 1.29 is 19.4 Å². The number of amides is 2. The standard InChI is InChI=1S/C14H25N3O4/c1-2-10(6-13(18)19)16-14(20)15-7-12-8-17-5-3-4-11(17)9-21-12/h10-12H,2-9H2,1H3,(H,18,19)(H2,15,16,20). The molecule has 0 aromatic rings. The zero-order valence-electron chi connectivity index (χ0n) is 12.5. The van der Waals surface area contributed by atoms with Crippen LogP contribution in [0.25, 0.3) is 0 Å². The third kappa shape index (κ3) is 4.86. The van der Waals surface area contributed by atoms with Crippen molar-refractivity contribution in [2.24, 2.45) is 0 Å². The molecule has 0 spiro atoms. The maximum atomic E-state index is 11.8. The fraction of sp³-hybridized carbons (Fsp3) is 0.857. The first kappa shape index (κ1) is 16.0. The van der Waals surface area contributed by atoms with E-state index in [2.05, 4.69) is 15.5 Å². The molecule has 2 amide bonds. The van der Waals surface area contributed by atoms with Gasteiger partial charge in [-0.2, -0.15) is 0 Å². The number of carbonyl (C=O) groups is 2. The van der Waals surface area contributed by atoms with Gasteiger partial charge in [-0.05, 0) is 25.8 Å². The summed E-state index contributed by atoms with van der Waals surface area (Å²) < 4.78 is 5.76. The van der Waals surface area contributed by atoms with Gasteiger partial charge in [0.2, 0.25) is 0 Å². The quantitative estimate of drug-likeness (QED) is 0.660. The van der Waals surface area contributed by atoms with E-state index in [1.807, 2.05) is 6.92 Å². The summed E-state index contributed by atoms with van der Waals surface area (Å²) in [6, 6.07) is -0.108. The van der Waals surface area contributed by atoms with Crippen LogP contribution in [0.2, 0.25) is 0 Å². The fourth-order valence-corrected chi connectivity index (χ4v) is 2.96. The molecule has 7 nitrogen and oxygen atoms in total. The lowest BCUT2D eigenvalue weighted by Gasteiger charge is -2.35. The molecule has 7 heteroatoms. The molecule has 3 atom stereocenters. The molecule has 2 aliphatic rings. The number of fused-ring (bicyclic) bond motifs is 1. The van der Waals surface area contributed by atoms with E-state index in [9.17, 15) is 9.59 Å². The van der Waals surface area contributed by atoms with Gasteiger partial charge >= 0.3 is 12.0 Å². The maximum absolute atomic E-state index is 11.8. The molecular formula is C14H25N3O4. The zero-order chi connectivity index (χ0) is 15.2. The number of nitrogens with one attached hydrogen (secondary N) is 2. The van der Waals surface area contributed by atoms with Gasteiger partial charge in [0.05, 0.1) is 19.1 Å². The number of carboxylic acid groups (broad SMARTS) is 1. The second-order valence-corrected chi connectivity index (χ2v) is 5.80. The molecule has 2 saturated heterocycles. The minimum Gasteiger partial charge on any atom is -0.481 e. The van der Waals surface area contributed by atoms with Gasteiger partial charge in [0, 0.05) is 25.2 Å². The summed E-state index contributed by atoms with van der Waals surface area (Å²) in [6.07, 6.45) is 2.98. The summed E-state index contributed by atoms with van der Waals surface area (Å²) >= 11 is 0. The van der Waals surface area contributed by atoms with Crippen LogP contribution < -0.4 is 10.6 Å². The predicted octanol–water partition coefficient (Wildman–Crippen LogP) is 0.402. The molecule has 0 aromatic heterocycles. The molecule has 2 aliphatic heterocycles. The molecule has 3 N–H and O–H groups in total. The Labute approximate surface area is 125 Å². The van der Waals surface area contributed by atoms with Crippen LogP contribution in [0.3, 0.4) is 0 Å². The fourth-order valence-electron chi connectivity index (χ4n) is 2.96. The summed E-state index contributed by atoms with van der Waals surface area (Å²) in [4.78, 5) is 24.9. The van der Waals surface area contributed by atoms with Gasteiger partial charge in [-0.1, -0.05) is 6.92 Å². The first-order chi connectivity index (χ1) is 10.1. The van der Waals surface area contributed by atoms with Crippen LogP contribution in [0.1, 0.15) is 32.6 Å². The van der Waals surface area contributed by atoms with E-state index in [0.29, 0.717) is 19.0 Å². The number of ether oxygens (including phenoxy) is 1. The Morgan fingerprint density at radius 2 is 2.29 bits per heavy atom. The van der Waals surface area contributed by atoms with Gasteiger partial charge in [-0.15, -0.1) is 0 Å². The van der Waals surface area contributed by atoms with E-state index >= 15 is 0 Å². The lowest BCUT2D eigenvalue weighted by atomic mass is 10.1. The largest absolute Gasteiger partial charge is 0.481 e. The number of hydrogen-bond acceptors (Lipinski definition) is 4. The minimum absolute atomic E-state index is 0.0182. The Hall–Kier alpha value is -1.34. The SMILES string of the molecule is CCC(CC(=O)O)NC(=O)NCC1CN2CCCC2CO1. The summed E-state index contributed by atoms with van der Waals surface area (Å²) in [5.74, 6) is -0.905. The van der Waals surface area contributed by atoms with Gasteiger partial charge in [0.25, 0.3) is 0 Å². The first-order valence-electron chi connectivity index (χ1n) is 7.70. The van der Waals surface area contributed by atoms with E-state index < -0.39 is 5.97 Å². The molecular weight excluding hydrogens is 274 g/mol. The highest BCUT2D eigenvalue weighted by Gasteiger charge is 2.32. The molecule has 0 aliphatic carbocycles. The summed E-state index contributed by atoms with van der Waals surface area (Å²) in [5.41, 5.74) is 0. The second-order valence-electron chi connectivity index (χ2n) is 5.80. The average molecular weight is 299 g/mol. The first-order valence-corrected chi connectivity index (χ1v) is 7.70. The lowest BCUT2D eigenvalue weighted by Crippen LogP contribution is -2.52. The van der Waals surface area contributed by atoms with Crippen LogP contribution >= 0.6 is 0 Å². The molecule has 2 rings (SSSR count). The monoisotopic (exact) mass is 299 g/mol. The van der Waals surface area contributed by atoms with Crippen LogP contribution in [0, 0.1) is 0 Å². The lowest BCUT2D eigenvalue weighted by molar-refractivity contribution is -0.137. The number of hydrogen-bond donors (Lipinski definition) is 3. The average Bonchev–Trinajstić information content (AvgIpc) is 2.91. The topological polar surface area (TPSA) is 90.9 Å². The highest BCUT2D eigenvalue weighted by atomic mass is 16.5. The van der Waals surface area contributed by atoms with Crippen molar-refractivity contribution in [3.05, 3.63) is 0 Å². The number of aliphatic carboxylic acids is 1. The number of carbonyl (C=O) groups excluding carboxylic acids is 1. The van der Waals surface area contributed by atoms with E-state index in [-0.39, 0.29) is 24.6 Å². The summed E-state index contributed by atoms with van der Waals surface area (Å²) in [7, 11) is 0. The van der Waals surface area contributed by atoms with Gasteiger partial charge in [0.15, 0.2) is 0 Å². The van der Waals surface area contributed by atoms with Crippen molar-refractivity contribution in [2.45, 2.75) is 50.8 Å². The molecule has 3 unspecified atom stereocenters. The van der Waals surface area contributed by atoms with Crippen LogP contribution in [0.4, 0.5) is 4.79 Å². The zero-order valence-corrected chi connectivity index (χ0v) is 12.5. The van der Waals surface area contributed by atoms with Gasteiger partial charge in [-0.3, -0.25) is 9.69 Å². The molecule has 0 bridgehead atoms. The molecule has 0 aromatic carbocycles. The molecule has 2 fully saturated rings. The maximum Gasteiger partial charge on any atom is 0.315 e. The minimum atomic E-state index is -0.905. The van der Waals surface area contributed by atoms with E-state index in [1.165, 1.54) is 12.8 Å². The van der Waals surface area contributed by atoms with E-state index in [0.717, 1.165) is 19.7 Å². The van der Waals surface area contributed by atoms with Crippen LogP contribution in [-0.2, 0) is 9.53 Å². The Kier molecular flexibility index (Phi) is 5.81. The number of carboxylic acids is 1. The highest BCUT2D eigenvalue weighted by Crippen LogP contribution is 2.22. The molecule has 0 radical (unpaired) electrons. The molecule has 21 heavy (non-hydrogen) atoms. The smallest absolute Gasteiger partial charge is 0.315 e. The van der Waals surface area contributed by atoms with Crippen LogP contribution in [0.15, 0.2) is 0 Å². The Morgan fingerprint density at radius 3 is 3.00 bits per heavy atom. The van der Waals surface area contributed by atoms with Gasteiger partial charge in [0.1, 0.15) is 0 Å². The van der Waals surface area contributed by atoms with Crippen molar-refractivity contribution in [1.82, 2.24) is 15.5 Å². The van der Waals surface area contributed by atoms with E-state index in [4.69, 9.17) is 9.84 Å². The number of rotatable bonds is 6. The molecule has 0 saturated carbocycles. The van der Waals surface area contributed by atoms with Crippen molar-refractivity contribution in [1.29, 1.82) is 0 Å². The Bertz CT molecular complexity index is 377. The van der Waals surface area contributed by atoms with E-state index in [1.54, 1.807) is 0 Å². The normalized spacial score (nSPS) is 26.9. The van der Waals surface area contributed by atoms with Crippen molar-refractivity contribution in [2.75, 3.05) is 26.2 Å². The predicted molar refractivity (Wildman–Crippen MR) is 77.2 cm³/mol. The Morgan fingerprint density at radius 1 is 1.48 bits per heavy atom. The Balaban J connectivity index is 1.67. The van der Waals surface area contributed by atoms with Gasteiger partial charge < -0.3 is 20.5 Å². The third-order valence-electron chi connectivity index (χ3n) is 4.20. The van der Waals surface area contributed by atoms with Crippen molar-refractivity contribution in [3.63, 3.8) is 0 Å². The summed E-state index contributed by atoms with van der Waals surface area (Å²) in [6.45, 7) is 5.03.